The third-order valence-corrected chi connectivity index (χ3v) is 1.69. The maximum absolute atomic E-state index is 12.6. The number of aromatic nitrogens is 2. The van der Waals surface area contributed by atoms with Crippen molar-refractivity contribution >= 4 is 22.5 Å². The van der Waals surface area contributed by atoms with Crippen molar-refractivity contribution in [2.75, 3.05) is 0 Å². The van der Waals surface area contributed by atoms with Crippen molar-refractivity contribution in [3.05, 3.63) is 35.5 Å². The lowest BCUT2D eigenvalue weighted by atomic mass is 10.2. The minimum absolute atomic E-state index is 0.175. The predicted molar refractivity (Wildman–Crippen MR) is 44.5 cm³/mol. The van der Waals surface area contributed by atoms with E-state index in [4.69, 9.17) is 11.6 Å². The van der Waals surface area contributed by atoms with Crippen LogP contribution in [0.2, 0.25) is 5.28 Å². The first-order valence-electron chi connectivity index (χ1n) is 3.33. The van der Waals surface area contributed by atoms with Gasteiger partial charge in [-0.05, 0) is 29.8 Å². The Morgan fingerprint density at radius 1 is 1.33 bits per heavy atom. The fourth-order valence-corrected chi connectivity index (χ4v) is 1.12. The zero-order valence-electron chi connectivity index (χ0n) is 5.96. The van der Waals surface area contributed by atoms with E-state index < -0.39 is 0 Å². The largest absolute Gasteiger partial charge is 0.226 e. The van der Waals surface area contributed by atoms with Crippen LogP contribution in [0.3, 0.4) is 0 Å². The number of benzene rings is 1. The molecule has 1 heterocycles. The summed E-state index contributed by atoms with van der Waals surface area (Å²) in [4.78, 5) is 7.64. The van der Waals surface area contributed by atoms with Gasteiger partial charge in [0.05, 0.1) is 5.52 Å². The fourth-order valence-electron chi connectivity index (χ4n) is 0.982. The molecule has 0 radical (unpaired) electrons. The molecule has 0 aliphatic heterocycles. The molecule has 0 aliphatic carbocycles. The van der Waals surface area contributed by atoms with Crippen LogP contribution in [0.4, 0.5) is 4.39 Å². The van der Waals surface area contributed by atoms with E-state index >= 15 is 0 Å². The number of nitrogens with zero attached hydrogens (tertiary/aromatic N) is 2. The number of rotatable bonds is 0. The Kier molecular flexibility index (Phi) is 1.66. The number of hydrogen-bond donors (Lipinski definition) is 0. The fraction of sp³-hybridized carbons (Fsp3) is 0. The highest BCUT2D eigenvalue weighted by atomic mass is 35.5. The summed E-state index contributed by atoms with van der Waals surface area (Å²) in [5, 5.41) is 0.827. The molecule has 0 bridgehead atoms. The molecule has 0 amide bonds. The average Bonchev–Trinajstić information content (AvgIpc) is 2.05. The molecule has 0 N–H and O–H groups in total. The maximum atomic E-state index is 12.6. The van der Waals surface area contributed by atoms with Crippen molar-refractivity contribution in [3.8, 4) is 0 Å². The summed E-state index contributed by atoms with van der Waals surface area (Å²) in [5.41, 5.74) is 0.649. The van der Waals surface area contributed by atoms with Crippen LogP contribution in [0, 0.1) is 5.82 Å². The van der Waals surface area contributed by atoms with E-state index in [9.17, 15) is 4.39 Å². The van der Waals surface area contributed by atoms with Crippen LogP contribution in [-0.4, -0.2) is 9.97 Å². The summed E-state index contributed by atoms with van der Waals surface area (Å²) in [5.74, 6) is -0.298. The van der Waals surface area contributed by atoms with Crippen molar-refractivity contribution in [1.29, 1.82) is 0 Å². The highest BCUT2D eigenvalue weighted by molar-refractivity contribution is 6.28. The SMILES string of the molecule is Fc1ccc2nc(Cl)ncc2c1. The van der Waals surface area contributed by atoms with Gasteiger partial charge in [0, 0.05) is 11.6 Å². The molecule has 1 aromatic heterocycles. The van der Waals surface area contributed by atoms with Crippen molar-refractivity contribution in [3.63, 3.8) is 0 Å². The molecule has 0 aliphatic rings. The van der Waals surface area contributed by atoms with Gasteiger partial charge in [-0.3, -0.25) is 0 Å². The lowest BCUT2D eigenvalue weighted by molar-refractivity contribution is 0.629. The van der Waals surface area contributed by atoms with Crippen LogP contribution in [0.15, 0.2) is 24.4 Å². The van der Waals surface area contributed by atoms with Crippen LogP contribution in [0.25, 0.3) is 10.9 Å². The molecule has 2 aromatic rings. The molecular weight excluding hydrogens is 179 g/mol. The molecule has 2 nitrogen and oxygen atoms in total. The molecule has 1 aromatic carbocycles. The Labute approximate surface area is 73.0 Å². The lowest BCUT2D eigenvalue weighted by Crippen LogP contribution is -1.84. The minimum atomic E-state index is -0.298. The third kappa shape index (κ3) is 1.23. The standard InChI is InChI=1S/C8H4ClFN2/c9-8-11-4-5-3-6(10)1-2-7(5)12-8/h1-4H. The topological polar surface area (TPSA) is 25.8 Å². The summed E-state index contributed by atoms with van der Waals surface area (Å²) in [7, 11) is 0. The zero-order chi connectivity index (χ0) is 8.55. The van der Waals surface area contributed by atoms with Gasteiger partial charge >= 0.3 is 0 Å². The summed E-state index contributed by atoms with van der Waals surface area (Å²) in [6.45, 7) is 0. The van der Waals surface area contributed by atoms with E-state index in [1.165, 1.54) is 18.3 Å². The van der Waals surface area contributed by atoms with Crippen LogP contribution < -0.4 is 0 Å². The van der Waals surface area contributed by atoms with E-state index in [-0.39, 0.29) is 11.1 Å². The van der Waals surface area contributed by atoms with Crippen LogP contribution in [-0.2, 0) is 0 Å². The predicted octanol–water partition coefficient (Wildman–Crippen LogP) is 2.42. The van der Waals surface area contributed by atoms with Gasteiger partial charge in [-0.25, -0.2) is 14.4 Å². The molecule has 0 unspecified atom stereocenters. The second kappa shape index (κ2) is 2.68. The third-order valence-electron chi connectivity index (χ3n) is 1.51. The van der Waals surface area contributed by atoms with Gasteiger partial charge in [-0.2, -0.15) is 0 Å². The molecule has 4 heteroatoms. The second-order valence-corrected chi connectivity index (χ2v) is 2.68. The lowest BCUT2D eigenvalue weighted by Gasteiger charge is -1.95. The molecule has 2 rings (SSSR count). The van der Waals surface area contributed by atoms with Crippen LogP contribution in [0.5, 0.6) is 0 Å². The van der Waals surface area contributed by atoms with Gasteiger partial charge in [-0.1, -0.05) is 0 Å². The zero-order valence-corrected chi connectivity index (χ0v) is 6.72. The average molecular weight is 183 g/mol. The summed E-state index contributed by atoms with van der Waals surface area (Å²) in [6.07, 6.45) is 1.49. The van der Waals surface area contributed by atoms with E-state index in [1.54, 1.807) is 6.07 Å². The minimum Gasteiger partial charge on any atom is -0.226 e. The van der Waals surface area contributed by atoms with E-state index in [0.717, 1.165) is 0 Å². The van der Waals surface area contributed by atoms with Gasteiger partial charge in [-0.15, -0.1) is 0 Å². The summed E-state index contributed by atoms with van der Waals surface area (Å²) in [6, 6.07) is 4.27. The first-order chi connectivity index (χ1) is 5.75. The number of fused-ring (bicyclic) bond motifs is 1. The Bertz CT molecular complexity index is 389. The smallest absolute Gasteiger partial charge is 0.222 e. The molecule has 0 saturated heterocycles. The first-order valence-corrected chi connectivity index (χ1v) is 3.71. The Morgan fingerprint density at radius 2 is 2.17 bits per heavy atom. The summed E-state index contributed by atoms with van der Waals surface area (Å²) < 4.78 is 12.6. The summed E-state index contributed by atoms with van der Waals surface area (Å²) >= 11 is 5.54. The van der Waals surface area contributed by atoms with Crippen LogP contribution in [0.1, 0.15) is 0 Å². The quantitative estimate of drug-likeness (QED) is 0.585. The highest BCUT2D eigenvalue weighted by Gasteiger charge is 1.97. The Balaban J connectivity index is 2.79. The Morgan fingerprint density at radius 3 is 3.00 bits per heavy atom. The van der Waals surface area contributed by atoms with E-state index in [0.29, 0.717) is 10.9 Å². The van der Waals surface area contributed by atoms with E-state index in [2.05, 4.69) is 9.97 Å². The molecule has 60 valence electrons. The van der Waals surface area contributed by atoms with Gasteiger partial charge < -0.3 is 0 Å². The van der Waals surface area contributed by atoms with Crippen molar-refractivity contribution in [1.82, 2.24) is 9.97 Å². The van der Waals surface area contributed by atoms with Gasteiger partial charge in [0.15, 0.2) is 0 Å². The molecular formula is C8H4ClFN2. The maximum Gasteiger partial charge on any atom is 0.222 e. The van der Waals surface area contributed by atoms with Crippen molar-refractivity contribution < 1.29 is 4.39 Å². The number of hydrogen-bond acceptors (Lipinski definition) is 2. The van der Waals surface area contributed by atoms with Crippen molar-refractivity contribution in [2.45, 2.75) is 0 Å². The number of halogens is 2. The highest BCUT2D eigenvalue weighted by Crippen LogP contribution is 2.13. The first kappa shape index (κ1) is 7.43. The van der Waals surface area contributed by atoms with Crippen LogP contribution >= 0.6 is 11.6 Å². The molecule has 0 saturated carbocycles. The Hall–Kier alpha value is -1.22. The van der Waals surface area contributed by atoms with Gasteiger partial charge in [0.2, 0.25) is 5.28 Å². The normalized spacial score (nSPS) is 10.5. The van der Waals surface area contributed by atoms with E-state index in [1.807, 2.05) is 0 Å². The van der Waals surface area contributed by atoms with Gasteiger partial charge in [0.1, 0.15) is 5.82 Å². The molecule has 12 heavy (non-hydrogen) atoms. The molecule has 0 fully saturated rings. The monoisotopic (exact) mass is 182 g/mol. The molecule has 0 spiro atoms. The van der Waals surface area contributed by atoms with Gasteiger partial charge in [0.25, 0.3) is 0 Å². The molecule has 0 atom stereocenters. The van der Waals surface area contributed by atoms with Crippen molar-refractivity contribution in [2.24, 2.45) is 0 Å². The second-order valence-electron chi connectivity index (χ2n) is 2.34.